The molecule has 3 rings (SSSR count). The van der Waals surface area contributed by atoms with E-state index in [4.69, 9.17) is 0 Å². The van der Waals surface area contributed by atoms with E-state index in [1.165, 1.54) is 19.1 Å². The van der Waals surface area contributed by atoms with E-state index in [1.54, 1.807) is 30.3 Å². The second-order valence-electron chi connectivity index (χ2n) is 5.07. The predicted molar refractivity (Wildman–Crippen MR) is 83.4 cm³/mol. The number of carbonyl (C=O) groups is 2. The zero-order chi connectivity index (χ0) is 16.6. The molecule has 1 heterocycles. The maximum absolute atomic E-state index is 13.4. The molecule has 0 fully saturated rings. The van der Waals surface area contributed by atoms with Crippen LogP contribution in [0.3, 0.4) is 0 Å². The van der Waals surface area contributed by atoms with E-state index in [2.05, 4.69) is 5.32 Å². The molecule has 0 radical (unpaired) electrons. The third-order valence-corrected chi connectivity index (χ3v) is 3.57. The van der Waals surface area contributed by atoms with Gasteiger partial charge in [-0.25, -0.2) is 9.29 Å². The van der Waals surface area contributed by atoms with Gasteiger partial charge in [0, 0.05) is 11.6 Å². The minimum Gasteiger partial charge on any atom is -0.505 e. The molecule has 0 atom stereocenters. The number of amides is 2. The van der Waals surface area contributed by atoms with Crippen molar-refractivity contribution in [3.63, 3.8) is 0 Å². The Morgan fingerprint density at radius 1 is 1.09 bits per heavy atom. The van der Waals surface area contributed by atoms with Crippen LogP contribution in [0.4, 0.5) is 15.8 Å². The summed E-state index contributed by atoms with van der Waals surface area (Å²) in [5.41, 5.74) is 0.689. The number of para-hydroxylation sites is 1. The van der Waals surface area contributed by atoms with E-state index in [9.17, 15) is 19.1 Å². The average Bonchev–Trinajstić information content (AvgIpc) is 2.83. The summed E-state index contributed by atoms with van der Waals surface area (Å²) in [6.45, 7) is 1.42. The molecular weight excluding hydrogens is 299 g/mol. The lowest BCUT2D eigenvalue weighted by Gasteiger charge is -2.15. The second kappa shape index (κ2) is 5.57. The number of nitrogens with one attached hydrogen (secondary N) is 1. The smallest absolute Gasteiger partial charge is 0.281 e. The summed E-state index contributed by atoms with van der Waals surface area (Å²) in [7, 11) is 0. The lowest BCUT2D eigenvalue weighted by Crippen LogP contribution is -2.31. The standard InChI is InChI=1S/C17H13FN2O3/c1-10-12(18)7-8-13(16(10)22)19-14-9-15(21)20(17(14)23)11-5-3-2-4-6-11/h2-9,19,22H,1H3. The molecule has 23 heavy (non-hydrogen) atoms. The SMILES string of the molecule is Cc1c(F)ccc(NC2=CC(=O)N(c3ccccc3)C2=O)c1O. The van der Waals surface area contributed by atoms with Gasteiger partial charge in [0.25, 0.3) is 11.8 Å². The predicted octanol–water partition coefficient (Wildman–Crippen LogP) is 2.71. The van der Waals surface area contributed by atoms with Crippen molar-refractivity contribution in [2.75, 3.05) is 10.2 Å². The van der Waals surface area contributed by atoms with Gasteiger partial charge in [-0.2, -0.15) is 0 Å². The van der Waals surface area contributed by atoms with Gasteiger partial charge in [0.1, 0.15) is 17.3 Å². The molecule has 5 nitrogen and oxygen atoms in total. The number of hydrogen-bond acceptors (Lipinski definition) is 4. The van der Waals surface area contributed by atoms with Gasteiger partial charge in [0.05, 0.1) is 11.4 Å². The second-order valence-corrected chi connectivity index (χ2v) is 5.07. The molecule has 0 saturated heterocycles. The number of halogens is 1. The quantitative estimate of drug-likeness (QED) is 0.675. The van der Waals surface area contributed by atoms with Gasteiger partial charge >= 0.3 is 0 Å². The molecule has 0 spiro atoms. The number of anilines is 2. The van der Waals surface area contributed by atoms with Crippen molar-refractivity contribution >= 4 is 23.2 Å². The summed E-state index contributed by atoms with van der Waals surface area (Å²) in [6, 6.07) is 11.0. The molecule has 6 heteroatoms. The van der Waals surface area contributed by atoms with E-state index >= 15 is 0 Å². The highest BCUT2D eigenvalue weighted by atomic mass is 19.1. The molecule has 116 valence electrons. The van der Waals surface area contributed by atoms with Crippen molar-refractivity contribution in [1.82, 2.24) is 0 Å². The van der Waals surface area contributed by atoms with Gasteiger partial charge in [-0.05, 0) is 31.2 Å². The Kier molecular flexibility index (Phi) is 3.57. The van der Waals surface area contributed by atoms with E-state index in [0.717, 1.165) is 11.0 Å². The van der Waals surface area contributed by atoms with Gasteiger partial charge < -0.3 is 10.4 Å². The summed E-state index contributed by atoms with van der Waals surface area (Å²) < 4.78 is 13.4. The highest BCUT2D eigenvalue weighted by Crippen LogP contribution is 2.31. The fourth-order valence-corrected chi connectivity index (χ4v) is 2.30. The van der Waals surface area contributed by atoms with Crippen molar-refractivity contribution in [2.45, 2.75) is 6.92 Å². The normalized spacial score (nSPS) is 14.2. The van der Waals surface area contributed by atoms with Crippen molar-refractivity contribution < 1.29 is 19.1 Å². The number of benzene rings is 2. The van der Waals surface area contributed by atoms with Crippen LogP contribution in [0.2, 0.25) is 0 Å². The van der Waals surface area contributed by atoms with Crippen LogP contribution >= 0.6 is 0 Å². The molecule has 2 amide bonds. The van der Waals surface area contributed by atoms with Crippen LogP contribution in [-0.2, 0) is 9.59 Å². The third-order valence-electron chi connectivity index (χ3n) is 3.57. The number of imide groups is 1. The van der Waals surface area contributed by atoms with Gasteiger partial charge in [0.2, 0.25) is 0 Å². The highest BCUT2D eigenvalue weighted by Gasteiger charge is 2.32. The molecule has 1 aliphatic rings. The molecule has 0 aliphatic carbocycles. The first-order chi connectivity index (χ1) is 11.0. The largest absolute Gasteiger partial charge is 0.505 e. The average molecular weight is 312 g/mol. The first-order valence-electron chi connectivity index (χ1n) is 6.89. The van der Waals surface area contributed by atoms with Crippen LogP contribution < -0.4 is 10.2 Å². The number of phenolic OH excluding ortho intramolecular Hbond substituents is 1. The Bertz CT molecular complexity index is 831. The number of hydrogen-bond donors (Lipinski definition) is 2. The number of rotatable bonds is 3. The van der Waals surface area contributed by atoms with Crippen LogP contribution in [0.15, 0.2) is 54.2 Å². The van der Waals surface area contributed by atoms with Gasteiger partial charge in [-0.3, -0.25) is 9.59 Å². The summed E-state index contributed by atoms with van der Waals surface area (Å²) in [5, 5.41) is 12.6. The number of aromatic hydroxyl groups is 1. The first kappa shape index (κ1) is 14.8. The fourth-order valence-electron chi connectivity index (χ4n) is 2.30. The zero-order valence-corrected chi connectivity index (χ0v) is 12.2. The summed E-state index contributed by atoms with van der Waals surface area (Å²) in [6.07, 6.45) is 1.15. The first-order valence-corrected chi connectivity index (χ1v) is 6.89. The third kappa shape index (κ3) is 2.55. The molecular formula is C17H13FN2O3. The van der Waals surface area contributed by atoms with E-state index in [1.807, 2.05) is 0 Å². The van der Waals surface area contributed by atoms with Crippen LogP contribution in [-0.4, -0.2) is 16.9 Å². The van der Waals surface area contributed by atoms with Crippen LogP contribution in [0, 0.1) is 12.7 Å². The Morgan fingerprint density at radius 3 is 2.48 bits per heavy atom. The van der Waals surface area contributed by atoms with E-state index in [-0.39, 0.29) is 22.7 Å². The monoisotopic (exact) mass is 312 g/mol. The van der Waals surface area contributed by atoms with Crippen LogP contribution in [0.5, 0.6) is 5.75 Å². The maximum Gasteiger partial charge on any atom is 0.281 e. The van der Waals surface area contributed by atoms with Gasteiger partial charge in [-0.1, -0.05) is 18.2 Å². The Morgan fingerprint density at radius 2 is 1.78 bits per heavy atom. The maximum atomic E-state index is 13.4. The van der Waals surface area contributed by atoms with E-state index in [0.29, 0.717) is 5.69 Å². The lowest BCUT2D eigenvalue weighted by molar-refractivity contribution is -0.120. The molecule has 2 aromatic rings. The van der Waals surface area contributed by atoms with Crippen molar-refractivity contribution in [1.29, 1.82) is 0 Å². The highest BCUT2D eigenvalue weighted by molar-refractivity contribution is 6.31. The Balaban J connectivity index is 1.89. The molecule has 1 aliphatic heterocycles. The molecule has 0 unspecified atom stereocenters. The Hall–Kier alpha value is -3.15. The number of phenols is 1. The van der Waals surface area contributed by atoms with Crippen LogP contribution in [0.25, 0.3) is 0 Å². The van der Waals surface area contributed by atoms with Crippen molar-refractivity contribution in [3.05, 3.63) is 65.6 Å². The van der Waals surface area contributed by atoms with E-state index < -0.39 is 17.6 Å². The number of carbonyl (C=O) groups excluding carboxylic acids is 2. The molecule has 0 bridgehead atoms. The lowest BCUT2D eigenvalue weighted by atomic mass is 10.1. The molecule has 2 aromatic carbocycles. The molecule has 0 saturated carbocycles. The zero-order valence-electron chi connectivity index (χ0n) is 12.2. The topological polar surface area (TPSA) is 69.6 Å². The Labute approximate surface area is 131 Å². The van der Waals surface area contributed by atoms with Crippen LogP contribution in [0.1, 0.15) is 5.56 Å². The summed E-state index contributed by atoms with van der Waals surface area (Å²) >= 11 is 0. The molecule has 2 N–H and O–H groups in total. The minimum atomic E-state index is -0.554. The fraction of sp³-hybridized carbons (Fsp3) is 0.0588. The van der Waals surface area contributed by atoms with Gasteiger partial charge in [0.15, 0.2) is 0 Å². The summed E-state index contributed by atoms with van der Waals surface area (Å²) in [5.74, 6) is -1.88. The minimum absolute atomic E-state index is 0.0140. The van der Waals surface area contributed by atoms with Gasteiger partial charge in [-0.15, -0.1) is 0 Å². The summed E-state index contributed by atoms with van der Waals surface area (Å²) in [4.78, 5) is 25.5. The molecule has 0 aromatic heterocycles. The van der Waals surface area contributed by atoms with Crippen molar-refractivity contribution in [2.24, 2.45) is 0 Å². The number of nitrogens with zero attached hydrogens (tertiary/aromatic N) is 1. The van der Waals surface area contributed by atoms with Crippen molar-refractivity contribution in [3.8, 4) is 5.75 Å².